The van der Waals surface area contributed by atoms with Crippen LogP contribution in [0.15, 0.2) is 23.1 Å². The Labute approximate surface area is 168 Å². The highest BCUT2D eigenvalue weighted by molar-refractivity contribution is 7.84. The van der Waals surface area contributed by atoms with Crippen LogP contribution in [0.25, 0.3) is 11.3 Å². The van der Waals surface area contributed by atoms with Gasteiger partial charge >= 0.3 is 0 Å². The summed E-state index contributed by atoms with van der Waals surface area (Å²) in [6.45, 7) is 5.51. The third-order valence-electron chi connectivity index (χ3n) is 5.89. The van der Waals surface area contributed by atoms with Crippen LogP contribution in [-0.2, 0) is 23.6 Å². The predicted molar refractivity (Wildman–Crippen MR) is 112 cm³/mol. The van der Waals surface area contributed by atoms with Crippen LogP contribution in [0.2, 0.25) is 0 Å². The number of fused-ring (bicyclic) bond motifs is 1. The molecule has 150 valence electrons. The van der Waals surface area contributed by atoms with Gasteiger partial charge in [-0.25, -0.2) is 0 Å². The van der Waals surface area contributed by atoms with Crippen LogP contribution in [0.3, 0.4) is 0 Å². The number of benzene rings is 1. The molecule has 0 spiro atoms. The van der Waals surface area contributed by atoms with E-state index in [9.17, 15) is 9.32 Å². The summed E-state index contributed by atoms with van der Waals surface area (Å²) in [7, 11) is -1.13. The fourth-order valence-electron chi connectivity index (χ4n) is 4.36. The summed E-state index contributed by atoms with van der Waals surface area (Å²) >= 11 is 0. The number of anilines is 1. The number of rotatable bonds is 5. The molecule has 6 nitrogen and oxygen atoms in total. The van der Waals surface area contributed by atoms with E-state index < -0.39 is 10.8 Å². The topological polar surface area (TPSA) is 78.3 Å². The average Bonchev–Trinajstić information content (AvgIpc) is 3.19. The van der Waals surface area contributed by atoms with Gasteiger partial charge in [-0.15, -0.1) is 10.2 Å². The standard InChI is InChI=1S/C21H28N4O2S/c1-3-25-11-5-6-14(13-25)22-21-17-8-4-7-16(17)20(23-24-21)18-10-9-15(28(2)27)12-19(18)26/h9-10,12,14,26H,3-8,11,13H2,1-2H3,(H,22,24). The van der Waals surface area contributed by atoms with E-state index in [0.29, 0.717) is 16.5 Å². The lowest BCUT2D eigenvalue weighted by Crippen LogP contribution is -2.42. The number of phenols is 1. The molecule has 2 aliphatic rings. The number of likely N-dealkylation sites (tertiary alicyclic amines) is 1. The van der Waals surface area contributed by atoms with Gasteiger partial charge in [-0.1, -0.05) is 6.92 Å². The zero-order valence-corrected chi connectivity index (χ0v) is 17.4. The molecule has 1 aromatic carbocycles. The van der Waals surface area contributed by atoms with Crippen molar-refractivity contribution in [2.24, 2.45) is 0 Å². The molecule has 0 amide bonds. The van der Waals surface area contributed by atoms with E-state index in [1.54, 1.807) is 18.4 Å². The average molecular weight is 401 g/mol. The first kappa shape index (κ1) is 19.3. The lowest BCUT2D eigenvalue weighted by Gasteiger charge is -2.32. The first-order valence-corrected chi connectivity index (χ1v) is 11.7. The minimum atomic E-state index is -1.13. The molecule has 1 aliphatic carbocycles. The summed E-state index contributed by atoms with van der Waals surface area (Å²) in [5.74, 6) is 1.02. The van der Waals surface area contributed by atoms with Crippen molar-refractivity contribution in [2.75, 3.05) is 31.2 Å². The fraction of sp³-hybridized carbons (Fsp3) is 0.524. The Morgan fingerprint density at radius 2 is 2.07 bits per heavy atom. The van der Waals surface area contributed by atoms with Crippen LogP contribution < -0.4 is 5.32 Å². The third kappa shape index (κ3) is 3.78. The lowest BCUT2D eigenvalue weighted by atomic mass is 10.0. The van der Waals surface area contributed by atoms with Gasteiger partial charge in [0.1, 0.15) is 11.4 Å². The van der Waals surface area contributed by atoms with Gasteiger partial charge in [-0.3, -0.25) is 4.21 Å². The quantitative estimate of drug-likeness (QED) is 0.803. The summed E-state index contributed by atoms with van der Waals surface area (Å²) in [4.78, 5) is 3.09. The van der Waals surface area contributed by atoms with E-state index in [4.69, 9.17) is 0 Å². The van der Waals surface area contributed by atoms with Crippen molar-refractivity contribution in [3.05, 3.63) is 29.3 Å². The van der Waals surface area contributed by atoms with Crippen LogP contribution in [0.1, 0.15) is 37.3 Å². The summed E-state index contributed by atoms with van der Waals surface area (Å²) in [6.07, 6.45) is 6.98. The maximum atomic E-state index is 11.7. The van der Waals surface area contributed by atoms with E-state index >= 15 is 0 Å². The van der Waals surface area contributed by atoms with E-state index in [0.717, 1.165) is 50.3 Å². The van der Waals surface area contributed by atoms with Crippen molar-refractivity contribution in [3.63, 3.8) is 0 Å². The van der Waals surface area contributed by atoms with Gasteiger partial charge in [0.15, 0.2) is 5.82 Å². The van der Waals surface area contributed by atoms with Crippen molar-refractivity contribution >= 4 is 16.6 Å². The Hall–Kier alpha value is -1.99. The van der Waals surface area contributed by atoms with Crippen molar-refractivity contribution in [1.82, 2.24) is 15.1 Å². The summed E-state index contributed by atoms with van der Waals surface area (Å²) in [5, 5.41) is 23.2. The minimum Gasteiger partial charge on any atom is -0.507 e. The molecule has 1 fully saturated rings. The zero-order valence-electron chi connectivity index (χ0n) is 16.6. The summed E-state index contributed by atoms with van der Waals surface area (Å²) in [6, 6.07) is 5.58. The van der Waals surface area contributed by atoms with E-state index in [-0.39, 0.29) is 5.75 Å². The van der Waals surface area contributed by atoms with Gasteiger partial charge in [0.05, 0.1) is 0 Å². The highest BCUT2D eigenvalue weighted by Gasteiger charge is 2.26. The van der Waals surface area contributed by atoms with Gasteiger partial charge in [0.25, 0.3) is 0 Å². The van der Waals surface area contributed by atoms with Gasteiger partial charge < -0.3 is 15.3 Å². The zero-order chi connectivity index (χ0) is 19.7. The second kappa shape index (κ2) is 8.17. The third-order valence-corrected chi connectivity index (χ3v) is 6.81. The smallest absolute Gasteiger partial charge is 0.152 e. The summed E-state index contributed by atoms with van der Waals surface area (Å²) in [5.41, 5.74) is 3.84. The van der Waals surface area contributed by atoms with Gasteiger partial charge in [0, 0.05) is 45.7 Å². The molecule has 4 rings (SSSR count). The van der Waals surface area contributed by atoms with Crippen molar-refractivity contribution in [1.29, 1.82) is 0 Å². The highest BCUT2D eigenvalue weighted by atomic mass is 32.2. The van der Waals surface area contributed by atoms with Crippen molar-refractivity contribution in [3.8, 4) is 17.0 Å². The van der Waals surface area contributed by atoms with Crippen LogP contribution in [-0.4, -0.2) is 56.3 Å². The molecule has 28 heavy (non-hydrogen) atoms. The predicted octanol–water partition coefficient (Wildman–Crippen LogP) is 2.97. The number of hydrogen-bond donors (Lipinski definition) is 2. The normalized spacial score (nSPS) is 20.7. The SMILES string of the molecule is CCN1CCCC(Nc2nnc(-c3ccc(S(C)=O)cc3O)c3c2CCC3)C1. The monoisotopic (exact) mass is 400 g/mol. The molecule has 1 aliphatic heterocycles. The van der Waals surface area contributed by atoms with Crippen LogP contribution in [0, 0.1) is 0 Å². The van der Waals surface area contributed by atoms with E-state index in [2.05, 4.69) is 27.3 Å². The first-order chi connectivity index (χ1) is 13.6. The number of likely N-dealkylation sites (N-methyl/N-ethyl adjacent to an activating group) is 1. The highest BCUT2D eigenvalue weighted by Crippen LogP contribution is 2.38. The van der Waals surface area contributed by atoms with Gasteiger partial charge in [0.2, 0.25) is 0 Å². The Morgan fingerprint density at radius 3 is 2.82 bits per heavy atom. The number of nitrogens with one attached hydrogen (secondary N) is 1. The number of aromatic hydroxyl groups is 1. The number of piperidine rings is 1. The molecule has 0 radical (unpaired) electrons. The summed E-state index contributed by atoms with van der Waals surface area (Å²) < 4.78 is 11.7. The number of aromatic nitrogens is 2. The van der Waals surface area contributed by atoms with Gasteiger partial charge in [-0.05, 0) is 69.0 Å². The minimum absolute atomic E-state index is 0.114. The Morgan fingerprint density at radius 1 is 1.25 bits per heavy atom. The molecule has 1 saturated heterocycles. The molecule has 2 N–H and O–H groups in total. The maximum Gasteiger partial charge on any atom is 0.152 e. The first-order valence-electron chi connectivity index (χ1n) is 10.1. The lowest BCUT2D eigenvalue weighted by molar-refractivity contribution is 0.226. The number of phenolic OH excluding ortho intramolecular Hbond substituents is 1. The molecule has 2 heterocycles. The molecule has 1 aromatic heterocycles. The van der Waals surface area contributed by atoms with Crippen LogP contribution in [0.4, 0.5) is 5.82 Å². The van der Waals surface area contributed by atoms with Crippen LogP contribution in [0.5, 0.6) is 5.75 Å². The van der Waals surface area contributed by atoms with Crippen molar-refractivity contribution < 1.29 is 9.32 Å². The molecule has 0 saturated carbocycles. The molecule has 0 bridgehead atoms. The Bertz CT molecular complexity index is 902. The van der Waals surface area contributed by atoms with E-state index in [1.165, 1.54) is 24.1 Å². The van der Waals surface area contributed by atoms with Gasteiger partial charge in [-0.2, -0.15) is 0 Å². The Balaban J connectivity index is 1.64. The van der Waals surface area contributed by atoms with Crippen LogP contribution >= 0.6 is 0 Å². The number of nitrogens with zero attached hydrogens (tertiary/aromatic N) is 3. The Kier molecular flexibility index (Phi) is 5.64. The molecule has 2 unspecified atom stereocenters. The molecule has 2 atom stereocenters. The molecular formula is C21H28N4O2S. The second-order valence-corrected chi connectivity index (χ2v) is 9.10. The second-order valence-electron chi connectivity index (χ2n) is 7.72. The largest absolute Gasteiger partial charge is 0.507 e. The molecular weight excluding hydrogens is 372 g/mol. The maximum absolute atomic E-state index is 11.7. The van der Waals surface area contributed by atoms with Crippen molar-refractivity contribution in [2.45, 2.75) is 50.0 Å². The molecule has 7 heteroatoms. The van der Waals surface area contributed by atoms with E-state index in [1.807, 2.05) is 6.07 Å². The number of hydrogen-bond acceptors (Lipinski definition) is 6. The fourth-order valence-corrected chi connectivity index (χ4v) is 4.90. The molecule has 2 aromatic rings.